The third-order valence-corrected chi connectivity index (χ3v) is 6.00. The molecule has 170 valence electrons. The van der Waals surface area contributed by atoms with E-state index in [1.807, 2.05) is 25.2 Å². The van der Waals surface area contributed by atoms with Gasteiger partial charge in [0.15, 0.2) is 29.2 Å². The van der Waals surface area contributed by atoms with Crippen molar-refractivity contribution in [1.82, 2.24) is 0 Å². The van der Waals surface area contributed by atoms with Gasteiger partial charge in [0, 0.05) is 21.9 Å². The Balaban J connectivity index is 0.00000259. The van der Waals surface area contributed by atoms with Gasteiger partial charge in [-0.25, -0.2) is 0 Å². The molecule has 33 heavy (non-hydrogen) atoms. The molecule has 0 N–H and O–H groups in total. The summed E-state index contributed by atoms with van der Waals surface area (Å²) in [5, 5.41) is 5.26. The average molecular weight is 466 g/mol. The maximum absolute atomic E-state index is 5.76. The van der Waals surface area contributed by atoms with Crippen molar-refractivity contribution < 1.29 is 40.3 Å². The van der Waals surface area contributed by atoms with Gasteiger partial charge in [0.05, 0.1) is 57.1 Å². The van der Waals surface area contributed by atoms with Gasteiger partial charge >= 0.3 is 0 Å². The van der Waals surface area contributed by atoms with E-state index in [2.05, 4.69) is 29.0 Å². The van der Waals surface area contributed by atoms with Gasteiger partial charge in [-0.3, -0.25) is 0 Å². The Morgan fingerprint density at radius 1 is 0.697 bits per heavy atom. The van der Waals surface area contributed by atoms with E-state index >= 15 is 0 Å². The molecular weight excluding hydrogens is 442 g/mol. The molecule has 2 heterocycles. The lowest BCUT2D eigenvalue weighted by Gasteiger charge is -2.16. The van der Waals surface area contributed by atoms with Crippen LogP contribution in [0, 0.1) is 0 Å². The largest absolute Gasteiger partial charge is 1.00 e. The lowest BCUT2D eigenvalue weighted by molar-refractivity contribution is -0.642. The van der Waals surface area contributed by atoms with E-state index in [-0.39, 0.29) is 12.4 Å². The number of hydrogen-bond donors (Lipinski definition) is 0. The summed E-state index contributed by atoms with van der Waals surface area (Å²) in [5.41, 5.74) is 2.94. The number of nitrogens with zero attached hydrogens (tertiary/aromatic N) is 1. The van der Waals surface area contributed by atoms with E-state index in [1.165, 1.54) is 0 Å². The quantitative estimate of drug-likeness (QED) is 0.294. The second-order valence-electron chi connectivity index (χ2n) is 7.56. The molecule has 0 aliphatic carbocycles. The molecule has 7 heteroatoms. The molecule has 0 amide bonds. The van der Waals surface area contributed by atoms with E-state index in [1.54, 1.807) is 41.0 Å². The third-order valence-electron chi connectivity index (χ3n) is 6.00. The lowest BCUT2D eigenvalue weighted by atomic mass is 9.94. The molecule has 0 fully saturated rings. The molecule has 0 atom stereocenters. The first kappa shape index (κ1) is 22.6. The number of pyridine rings is 1. The molecule has 0 spiro atoms. The van der Waals surface area contributed by atoms with Crippen LogP contribution in [0.25, 0.3) is 43.6 Å². The smallest absolute Gasteiger partial charge is 0.220 e. The van der Waals surface area contributed by atoms with E-state index in [0.29, 0.717) is 23.0 Å². The van der Waals surface area contributed by atoms with Gasteiger partial charge < -0.3 is 35.8 Å². The molecule has 0 aliphatic rings. The summed E-state index contributed by atoms with van der Waals surface area (Å²) in [6.45, 7) is 0. The number of aromatic nitrogens is 1. The Labute approximate surface area is 197 Å². The van der Waals surface area contributed by atoms with Crippen LogP contribution in [0.2, 0.25) is 0 Å². The summed E-state index contributed by atoms with van der Waals surface area (Å²) in [4.78, 5) is 0. The number of halogens is 1. The number of benzene rings is 3. The predicted molar refractivity (Wildman–Crippen MR) is 124 cm³/mol. The molecule has 2 aromatic heterocycles. The summed E-state index contributed by atoms with van der Waals surface area (Å²) >= 11 is 0. The molecule has 0 unspecified atom stereocenters. The van der Waals surface area contributed by atoms with Crippen molar-refractivity contribution in [2.45, 2.75) is 0 Å². The van der Waals surface area contributed by atoms with Gasteiger partial charge in [0.25, 0.3) is 0 Å². The number of methoxy groups -OCH3 is 4. The Bertz CT molecular complexity index is 1480. The van der Waals surface area contributed by atoms with E-state index in [0.717, 1.165) is 43.6 Å². The van der Waals surface area contributed by atoms with Gasteiger partial charge in [-0.1, -0.05) is 6.07 Å². The van der Waals surface area contributed by atoms with Crippen molar-refractivity contribution >= 4 is 32.4 Å². The molecule has 6 nitrogen and oxygen atoms in total. The Morgan fingerprint density at radius 2 is 1.39 bits per heavy atom. The van der Waals surface area contributed by atoms with Crippen LogP contribution < -0.4 is 35.9 Å². The summed E-state index contributed by atoms with van der Waals surface area (Å²) in [6, 6.07) is 12.2. The van der Waals surface area contributed by atoms with Crippen molar-refractivity contribution in [3.05, 3.63) is 55.1 Å². The molecule has 3 aromatic carbocycles. The molecule has 5 aromatic rings. The van der Waals surface area contributed by atoms with Crippen LogP contribution in [0.15, 0.2) is 59.5 Å². The van der Waals surface area contributed by atoms with Crippen molar-refractivity contribution in [1.29, 1.82) is 0 Å². The molecule has 0 radical (unpaired) electrons. The van der Waals surface area contributed by atoms with Crippen LogP contribution >= 0.6 is 0 Å². The fraction of sp³-hybridized carbons (Fsp3) is 0.192. The highest BCUT2D eigenvalue weighted by molar-refractivity contribution is 6.18. The third kappa shape index (κ3) is 3.29. The van der Waals surface area contributed by atoms with E-state index in [9.17, 15) is 0 Å². The first-order valence-electron chi connectivity index (χ1n) is 10.2. The van der Waals surface area contributed by atoms with Crippen LogP contribution in [-0.4, -0.2) is 28.4 Å². The molecular formula is C26H24ClNO5. The highest BCUT2D eigenvalue weighted by atomic mass is 35.5. The van der Waals surface area contributed by atoms with Crippen molar-refractivity contribution in [2.75, 3.05) is 28.4 Å². The van der Waals surface area contributed by atoms with Crippen molar-refractivity contribution in [3.8, 4) is 34.1 Å². The summed E-state index contributed by atoms with van der Waals surface area (Å²) in [6.07, 6.45) is 5.46. The Kier molecular flexibility index (Phi) is 5.95. The number of fused-ring (bicyclic) bond motifs is 5. The van der Waals surface area contributed by atoms with Gasteiger partial charge in [-0.2, -0.15) is 4.57 Å². The second-order valence-corrected chi connectivity index (χ2v) is 7.56. The van der Waals surface area contributed by atoms with Crippen LogP contribution in [0.3, 0.4) is 0 Å². The minimum atomic E-state index is 0. The predicted octanol–water partition coefficient (Wildman–Crippen LogP) is 2.27. The second kappa shape index (κ2) is 8.71. The highest BCUT2D eigenvalue weighted by Crippen LogP contribution is 2.46. The monoisotopic (exact) mass is 465 g/mol. The van der Waals surface area contributed by atoms with Gasteiger partial charge in [0.1, 0.15) is 7.05 Å². The summed E-state index contributed by atoms with van der Waals surface area (Å²) < 4.78 is 30.2. The van der Waals surface area contributed by atoms with E-state index < -0.39 is 0 Å². The molecule has 0 aliphatic heterocycles. The normalized spacial score (nSPS) is 10.9. The number of hydrogen-bond acceptors (Lipinski definition) is 5. The number of furan rings is 1. The molecule has 5 rings (SSSR count). The summed E-state index contributed by atoms with van der Waals surface area (Å²) in [5.74, 6) is 2.76. The first-order valence-corrected chi connectivity index (χ1v) is 10.2. The first-order chi connectivity index (χ1) is 15.6. The van der Waals surface area contributed by atoms with E-state index in [4.69, 9.17) is 23.4 Å². The zero-order chi connectivity index (χ0) is 22.4. The maximum Gasteiger partial charge on any atom is 0.220 e. The number of aryl methyl sites for hydroxylation is 1. The number of ether oxygens (including phenoxy) is 4. The summed E-state index contributed by atoms with van der Waals surface area (Å²) in [7, 11) is 8.65. The van der Waals surface area contributed by atoms with Gasteiger partial charge in [0.2, 0.25) is 5.52 Å². The Hall–Kier alpha value is -3.64. The van der Waals surface area contributed by atoms with Gasteiger partial charge in [-0.15, -0.1) is 0 Å². The maximum atomic E-state index is 5.76. The fourth-order valence-electron chi connectivity index (χ4n) is 4.63. The van der Waals surface area contributed by atoms with Crippen molar-refractivity contribution in [2.24, 2.45) is 7.05 Å². The van der Waals surface area contributed by atoms with Crippen molar-refractivity contribution in [3.63, 3.8) is 0 Å². The zero-order valence-electron chi connectivity index (χ0n) is 19.1. The van der Waals surface area contributed by atoms with Crippen LogP contribution in [0.4, 0.5) is 0 Å². The highest BCUT2D eigenvalue weighted by Gasteiger charge is 2.24. The fourth-order valence-corrected chi connectivity index (χ4v) is 4.63. The molecule has 0 saturated carbocycles. The average Bonchev–Trinajstić information content (AvgIpc) is 3.35. The molecule has 0 saturated heterocycles. The Morgan fingerprint density at radius 3 is 2.03 bits per heavy atom. The SMILES string of the molecule is COc1cc2c(ccc3c4ccc(OC)c(OC)c4c[n+](C)c23)c(-c2ccoc2)c1OC.[Cl-]. The van der Waals surface area contributed by atoms with Gasteiger partial charge in [-0.05, 0) is 30.3 Å². The van der Waals surface area contributed by atoms with Crippen LogP contribution in [0.1, 0.15) is 0 Å². The standard InChI is InChI=1S/C26H24NO5.ClH/c1-27-13-20-16(8-9-21(28-2)25(20)30-4)18-7-6-17-19(24(18)27)12-22(29-3)26(31-5)23(17)15-10-11-32-14-15;/h6-14H,1-5H3;1H/q+1;/p-1. The lowest BCUT2D eigenvalue weighted by Crippen LogP contribution is -3.00. The minimum absolute atomic E-state index is 0. The molecule has 0 bridgehead atoms. The van der Waals surface area contributed by atoms with Crippen LogP contribution in [0.5, 0.6) is 23.0 Å². The topological polar surface area (TPSA) is 53.9 Å². The van der Waals surface area contributed by atoms with Crippen LogP contribution in [-0.2, 0) is 7.05 Å². The minimum Gasteiger partial charge on any atom is -1.00 e. The number of rotatable bonds is 5. The zero-order valence-corrected chi connectivity index (χ0v) is 19.8.